The van der Waals surface area contributed by atoms with Gasteiger partial charge in [0.05, 0.1) is 52.1 Å². The fraction of sp³-hybridized carbons (Fsp3) is 0.893. The Balaban J connectivity index is 6.39. The highest BCUT2D eigenvalue weighted by Gasteiger charge is 2.23. The molecule has 0 heterocycles. The van der Waals surface area contributed by atoms with Crippen molar-refractivity contribution < 1.29 is 76.3 Å². The van der Waals surface area contributed by atoms with Gasteiger partial charge < -0.3 is 52.6 Å². The van der Waals surface area contributed by atoms with E-state index in [0.29, 0.717) is 116 Å². The van der Waals surface area contributed by atoms with Gasteiger partial charge in [-0.3, -0.25) is 38.4 Å². The molecule has 0 saturated heterocycles. The number of carbonyl (C=O) groups excluding carboxylic acids is 8. The van der Waals surface area contributed by atoms with E-state index in [1.54, 1.807) is 0 Å². The smallest absolute Gasteiger partial charge is 0.307 e. The molecule has 0 radical (unpaired) electrons. The van der Waals surface area contributed by atoms with Crippen molar-refractivity contribution in [3.8, 4) is 0 Å². The maximum Gasteiger partial charge on any atom is 0.307 e. The quantitative estimate of drug-likeness (QED) is 0.0314. The lowest BCUT2D eigenvalue weighted by Gasteiger charge is -2.26. The molecular weight excluding hydrogens is 1200 g/mol. The third kappa shape index (κ3) is 56.8. The van der Waals surface area contributed by atoms with Crippen molar-refractivity contribution in [3.63, 3.8) is 0 Å². The minimum absolute atomic E-state index is 0.120. The van der Waals surface area contributed by atoms with Gasteiger partial charge in [-0.05, 0) is 123 Å². The lowest BCUT2D eigenvalue weighted by molar-refractivity contribution is -0.154. The molecule has 0 bridgehead atoms. The molecule has 0 N–H and O–H groups in total. The Bertz CT molecular complexity index is 1640. The van der Waals surface area contributed by atoms with Gasteiger partial charge in [0.25, 0.3) is 0 Å². The molecule has 19 nitrogen and oxygen atoms in total. The van der Waals surface area contributed by atoms with Crippen LogP contribution in [0.5, 0.6) is 0 Å². The highest BCUT2D eigenvalue weighted by Crippen LogP contribution is 2.19. The van der Waals surface area contributed by atoms with Crippen molar-refractivity contribution in [2.24, 2.45) is 0 Å². The van der Waals surface area contributed by atoms with Gasteiger partial charge in [-0.2, -0.15) is 0 Å². The first-order valence-corrected chi connectivity index (χ1v) is 38.1. The first kappa shape index (κ1) is 89.6. The second kappa shape index (κ2) is 64.6. The Morgan fingerprint density at radius 3 is 0.670 bits per heavy atom. The van der Waals surface area contributed by atoms with Gasteiger partial charge in [0, 0.05) is 77.5 Å². The summed E-state index contributed by atoms with van der Waals surface area (Å²) in [6, 6.07) is 0. The Labute approximate surface area is 571 Å². The molecule has 0 aromatic carbocycles. The molecule has 0 saturated carbocycles. The summed E-state index contributed by atoms with van der Waals surface area (Å²) in [5.41, 5.74) is 0. The van der Waals surface area contributed by atoms with Crippen LogP contribution in [0.25, 0.3) is 0 Å². The lowest BCUT2D eigenvalue weighted by Crippen LogP contribution is -2.35. The fourth-order valence-corrected chi connectivity index (χ4v) is 10.9. The molecule has 550 valence electrons. The van der Waals surface area contributed by atoms with Crippen molar-refractivity contribution in [3.05, 3.63) is 0 Å². The number of rotatable bonds is 68. The van der Waals surface area contributed by atoms with E-state index in [9.17, 15) is 38.4 Å². The molecule has 4 unspecified atom stereocenters. The van der Waals surface area contributed by atoms with E-state index in [0.717, 1.165) is 180 Å². The van der Waals surface area contributed by atoms with Gasteiger partial charge in [-0.1, -0.05) is 158 Å². The molecule has 94 heavy (non-hydrogen) atoms. The monoisotopic (exact) mass is 1340 g/mol. The number of nitrogens with zero attached hydrogens (tertiary/aromatic N) is 3. The molecule has 19 heteroatoms. The van der Waals surface area contributed by atoms with Crippen molar-refractivity contribution >= 4 is 47.8 Å². The molecule has 0 aromatic rings. The molecule has 0 amide bonds. The summed E-state index contributed by atoms with van der Waals surface area (Å²) in [5.74, 6) is -2.28. The second-order valence-electron chi connectivity index (χ2n) is 26.0. The molecule has 0 fully saturated rings. The predicted molar refractivity (Wildman–Crippen MR) is 373 cm³/mol. The van der Waals surface area contributed by atoms with Crippen LogP contribution in [0.15, 0.2) is 0 Å². The van der Waals surface area contributed by atoms with Crippen LogP contribution in [0, 0.1) is 0 Å². The topological polar surface area (TPSA) is 220 Å². The standard InChI is InChI=1S/C75H139N3O16/c1-10-18-26-30-36-64(48-60-87-68(79)40-22-14-5)91-72(83)44-56-77(57-45-73(84)92-65(37-31-27-19-11-2)49-61-88-69(80)41-23-15-6)54-34-52-76(9)53-35-55-78(58-46-74(85)93-66(38-32-28-20-12-3)50-62-89-70(81)42-24-16-7)59-47-75(86)94-67(39-33-29-21-13-4)51-63-90-71(82)43-25-17-8/h64-67H,10-63H2,1-9H3. The maximum atomic E-state index is 13.6. The van der Waals surface area contributed by atoms with Gasteiger partial charge in [0.15, 0.2) is 0 Å². The molecule has 0 spiro atoms. The number of hydrogen-bond acceptors (Lipinski definition) is 19. The van der Waals surface area contributed by atoms with Crippen molar-refractivity contribution in [2.75, 3.05) is 85.8 Å². The van der Waals surface area contributed by atoms with E-state index in [4.69, 9.17) is 37.9 Å². The van der Waals surface area contributed by atoms with Gasteiger partial charge in [0.1, 0.15) is 24.4 Å². The van der Waals surface area contributed by atoms with Crippen LogP contribution in [0.3, 0.4) is 0 Å². The van der Waals surface area contributed by atoms with Crippen LogP contribution in [0.1, 0.15) is 325 Å². The summed E-state index contributed by atoms with van der Waals surface area (Å²) >= 11 is 0. The Kier molecular flexibility index (Phi) is 61.6. The summed E-state index contributed by atoms with van der Waals surface area (Å²) in [4.78, 5) is 110. The first-order chi connectivity index (χ1) is 45.5. The molecule has 0 aromatic heterocycles. The predicted octanol–water partition coefficient (Wildman–Crippen LogP) is 15.9. The molecule has 0 aliphatic heterocycles. The van der Waals surface area contributed by atoms with Gasteiger partial charge in [-0.25, -0.2) is 0 Å². The summed E-state index contributed by atoms with van der Waals surface area (Å²) in [7, 11) is 2.06. The Morgan fingerprint density at radius 1 is 0.234 bits per heavy atom. The SMILES string of the molecule is CCCCCCC(CCOC(=O)CCCC)OC(=O)CCN(CCCN(C)CCCN(CCC(=O)OC(CCCCCC)CCOC(=O)CCCC)CCC(=O)OC(CCCCCC)CCOC(=O)CCCC)CCC(=O)OC(CCCCCC)CCOC(=O)CCCC. The van der Waals surface area contributed by atoms with Crippen molar-refractivity contribution in [1.29, 1.82) is 0 Å². The largest absolute Gasteiger partial charge is 0.466 e. The Hall–Kier alpha value is -4.36. The van der Waals surface area contributed by atoms with Crippen LogP contribution in [-0.4, -0.2) is 173 Å². The van der Waals surface area contributed by atoms with E-state index >= 15 is 0 Å². The summed E-state index contributed by atoms with van der Waals surface area (Å²) in [6.07, 6.45) is 29.5. The summed E-state index contributed by atoms with van der Waals surface area (Å²) < 4.78 is 46.4. The normalized spacial score (nSPS) is 12.7. The summed E-state index contributed by atoms with van der Waals surface area (Å²) in [5, 5.41) is 0. The number of ether oxygens (including phenoxy) is 8. The molecule has 4 atom stereocenters. The Morgan fingerprint density at radius 2 is 0.457 bits per heavy atom. The van der Waals surface area contributed by atoms with Crippen molar-refractivity contribution in [2.45, 2.75) is 349 Å². The lowest BCUT2D eigenvalue weighted by atomic mass is 10.1. The van der Waals surface area contributed by atoms with Gasteiger partial charge in [-0.15, -0.1) is 0 Å². The van der Waals surface area contributed by atoms with Crippen molar-refractivity contribution in [1.82, 2.24) is 14.7 Å². The number of hydrogen-bond donors (Lipinski definition) is 0. The number of carbonyl (C=O) groups is 8. The van der Waals surface area contributed by atoms with Crippen LogP contribution < -0.4 is 0 Å². The second-order valence-corrected chi connectivity index (χ2v) is 26.0. The van der Waals surface area contributed by atoms with E-state index in [1.807, 2.05) is 27.7 Å². The zero-order valence-electron chi connectivity index (χ0n) is 61.4. The third-order valence-corrected chi connectivity index (χ3v) is 17.0. The van der Waals surface area contributed by atoms with E-state index in [1.165, 1.54) is 0 Å². The van der Waals surface area contributed by atoms with E-state index < -0.39 is 0 Å². The molecule has 0 rings (SSSR count). The van der Waals surface area contributed by atoms with Gasteiger partial charge in [0.2, 0.25) is 0 Å². The number of esters is 8. The minimum Gasteiger partial charge on any atom is -0.466 e. The average molecular weight is 1340 g/mol. The van der Waals surface area contributed by atoms with Crippen LogP contribution >= 0.6 is 0 Å². The highest BCUT2D eigenvalue weighted by molar-refractivity contribution is 5.72. The third-order valence-electron chi connectivity index (χ3n) is 17.0. The van der Waals surface area contributed by atoms with E-state index in [-0.39, 0.29) is 124 Å². The van der Waals surface area contributed by atoms with Crippen LogP contribution in [-0.2, 0) is 76.3 Å². The zero-order valence-corrected chi connectivity index (χ0v) is 61.4. The summed E-state index contributed by atoms with van der Waals surface area (Å²) in [6.45, 7) is 21.6. The van der Waals surface area contributed by atoms with E-state index in [2.05, 4.69) is 49.4 Å². The highest BCUT2D eigenvalue weighted by atomic mass is 16.6. The van der Waals surface area contributed by atoms with Gasteiger partial charge >= 0.3 is 47.8 Å². The molecule has 0 aliphatic rings. The fourth-order valence-electron chi connectivity index (χ4n) is 10.9. The maximum absolute atomic E-state index is 13.6. The average Bonchev–Trinajstić information content (AvgIpc) is 3.75. The zero-order chi connectivity index (χ0) is 69.5. The first-order valence-electron chi connectivity index (χ1n) is 38.1. The number of unbranched alkanes of at least 4 members (excludes halogenated alkanes) is 16. The minimum atomic E-state index is -0.373. The van der Waals surface area contributed by atoms with Crippen LogP contribution in [0.2, 0.25) is 0 Å². The van der Waals surface area contributed by atoms with Crippen LogP contribution in [0.4, 0.5) is 0 Å². The molecular formula is C75H139N3O16. The molecule has 0 aliphatic carbocycles.